The maximum Gasteiger partial charge on any atom is 0.340 e. The zero-order valence-electron chi connectivity index (χ0n) is 10.5. The number of rotatable bonds is 3. The molecule has 0 aromatic heterocycles. The summed E-state index contributed by atoms with van der Waals surface area (Å²) in [5, 5.41) is 0. The number of esters is 1. The van der Waals surface area contributed by atoms with Gasteiger partial charge in [-0.1, -0.05) is 0 Å². The molecule has 0 radical (unpaired) electrons. The number of carbonyl (C=O) groups is 1. The maximum absolute atomic E-state index is 11.9. The molecular formula is C13H18N2O3. The SMILES string of the molecule is CCOC(=O)c1cc(N)ccc1N1CCOCC1. The highest BCUT2D eigenvalue weighted by molar-refractivity contribution is 5.97. The summed E-state index contributed by atoms with van der Waals surface area (Å²) in [7, 11) is 0. The van der Waals surface area contributed by atoms with Crippen LogP contribution in [0.15, 0.2) is 18.2 Å². The Kier molecular flexibility index (Phi) is 4.04. The van der Waals surface area contributed by atoms with E-state index in [9.17, 15) is 4.79 Å². The predicted molar refractivity (Wildman–Crippen MR) is 69.8 cm³/mol. The van der Waals surface area contributed by atoms with E-state index in [4.69, 9.17) is 15.2 Å². The van der Waals surface area contributed by atoms with E-state index in [0.29, 0.717) is 31.1 Å². The van der Waals surface area contributed by atoms with Crippen molar-refractivity contribution in [1.82, 2.24) is 0 Å². The highest BCUT2D eigenvalue weighted by Gasteiger charge is 2.19. The van der Waals surface area contributed by atoms with Crippen molar-refractivity contribution in [3.63, 3.8) is 0 Å². The van der Waals surface area contributed by atoms with E-state index >= 15 is 0 Å². The molecule has 1 saturated heterocycles. The van der Waals surface area contributed by atoms with Gasteiger partial charge >= 0.3 is 5.97 Å². The Morgan fingerprint density at radius 3 is 2.83 bits per heavy atom. The van der Waals surface area contributed by atoms with Gasteiger partial charge in [0.05, 0.1) is 31.1 Å². The molecular weight excluding hydrogens is 232 g/mol. The van der Waals surface area contributed by atoms with Crippen molar-refractivity contribution in [3.05, 3.63) is 23.8 Å². The van der Waals surface area contributed by atoms with Crippen molar-refractivity contribution in [2.45, 2.75) is 6.92 Å². The summed E-state index contributed by atoms with van der Waals surface area (Å²) in [6, 6.07) is 5.34. The minimum atomic E-state index is -0.328. The molecule has 5 heteroatoms. The van der Waals surface area contributed by atoms with E-state index in [1.54, 1.807) is 19.1 Å². The second-order valence-electron chi connectivity index (χ2n) is 4.10. The van der Waals surface area contributed by atoms with Gasteiger partial charge in [-0.15, -0.1) is 0 Å². The first kappa shape index (κ1) is 12.7. The van der Waals surface area contributed by atoms with Crippen molar-refractivity contribution < 1.29 is 14.3 Å². The van der Waals surface area contributed by atoms with E-state index < -0.39 is 0 Å². The first-order valence-corrected chi connectivity index (χ1v) is 6.11. The predicted octanol–water partition coefficient (Wildman–Crippen LogP) is 1.28. The van der Waals surface area contributed by atoms with Crippen molar-refractivity contribution in [3.8, 4) is 0 Å². The van der Waals surface area contributed by atoms with Crippen LogP contribution in [-0.2, 0) is 9.47 Å². The van der Waals surface area contributed by atoms with Gasteiger partial charge in [-0.3, -0.25) is 0 Å². The fraction of sp³-hybridized carbons (Fsp3) is 0.462. The third kappa shape index (κ3) is 2.73. The second-order valence-corrected chi connectivity index (χ2v) is 4.10. The Labute approximate surface area is 106 Å². The van der Waals surface area contributed by atoms with Crippen LogP contribution in [-0.4, -0.2) is 38.9 Å². The Hall–Kier alpha value is -1.75. The molecule has 18 heavy (non-hydrogen) atoms. The van der Waals surface area contributed by atoms with Crippen molar-refractivity contribution >= 4 is 17.3 Å². The average molecular weight is 250 g/mol. The Morgan fingerprint density at radius 2 is 2.17 bits per heavy atom. The van der Waals surface area contributed by atoms with Crippen LogP contribution in [0, 0.1) is 0 Å². The lowest BCUT2D eigenvalue weighted by Crippen LogP contribution is -2.37. The van der Waals surface area contributed by atoms with Crippen LogP contribution in [0.1, 0.15) is 17.3 Å². The lowest BCUT2D eigenvalue weighted by atomic mass is 10.1. The average Bonchev–Trinajstić information content (AvgIpc) is 2.40. The third-order valence-electron chi connectivity index (χ3n) is 2.87. The van der Waals surface area contributed by atoms with Gasteiger partial charge in [0.1, 0.15) is 0 Å². The van der Waals surface area contributed by atoms with Crippen LogP contribution >= 0.6 is 0 Å². The van der Waals surface area contributed by atoms with E-state index in [1.807, 2.05) is 6.07 Å². The number of ether oxygens (including phenoxy) is 2. The Bertz CT molecular complexity index is 428. The van der Waals surface area contributed by atoms with Crippen LogP contribution in [0.3, 0.4) is 0 Å². The molecule has 1 heterocycles. The van der Waals surface area contributed by atoms with Crippen molar-refractivity contribution in [1.29, 1.82) is 0 Å². The topological polar surface area (TPSA) is 64.8 Å². The standard InChI is InChI=1S/C13H18N2O3/c1-2-18-13(16)11-9-10(14)3-4-12(11)15-5-7-17-8-6-15/h3-4,9H,2,5-8,14H2,1H3. The fourth-order valence-electron chi connectivity index (χ4n) is 2.01. The van der Waals surface area contributed by atoms with Crippen LogP contribution < -0.4 is 10.6 Å². The first-order chi connectivity index (χ1) is 8.72. The Balaban J connectivity index is 2.30. The van der Waals surface area contributed by atoms with E-state index in [1.165, 1.54) is 0 Å². The van der Waals surface area contributed by atoms with Crippen LogP contribution in [0.25, 0.3) is 0 Å². The zero-order valence-corrected chi connectivity index (χ0v) is 10.5. The van der Waals surface area contributed by atoms with Gasteiger partial charge in [0.15, 0.2) is 0 Å². The molecule has 1 aromatic rings. The first-order valence-electron chi connectivity index (χ1n) is 6.11. The quantitative estimate of drug-likeness (QED) is 0.646. The minimum Gasteiger partial charge on any atom is -0.462 e. The van der Waals surface area contributed by atoms with E-state index in [2.05, 4.69) is 4.90 Å². The highest BCUT2D eigenvalue weighted by atomic mass is 16.5. The van der Waals surface area contributed by atoms with Crippen LogP contribution in [0.2, 0.25) is 0 Å². The number of benzene rings is 1. The lowest BCUT2D eigenvalue weighted by Gasteiger charge is -2.30. The number of nitrogen functional groups attached to an aromatic ring is 1. The third-order valence-corrected chi connectivity index (χ3v) is 2.87. The molecule has 0 aliphatic carbocycles. The molecule has 1 aliphatic rings. The number of hydrogen-bond donors (Lipinski definition) is 1. The van der Waals surface area contributed by atoms with Crippen LogP contribution in [0.4, 0.5) is 11.4 Å². The zero-order chi connectivity index (χ0) is 13.0. The molecule has 1 aliphatic heterocycles. The highest BCUT2D eigenvalue weighted by Crippen LogP contribution is 2.24. The smallest absolute Gasteiger partial charge is 0.340 e. The van der Waals surface area contributed by atoms with E-state index in [-0.39, 0.29) is 5.97 Å². The maximum atomic E-state index is 11.9. The van der Waals surface area contributed by atoms with Crippen molar-refractivity contribution in [2.75, 3.05) is 43.5 Å². The molecule has 0 unspecified atom stereocenters. The molecule has 0 bridgehead atoms. The Morgan fingerprint density at radius 1 is 1.44 bits per heavy atom. The van der Waals surface area contributed by atoms with E-state index in [0.717, 1.165) is 18.8 Å². The lowest BCUT2D eigenvalue weighted by molar-refractivity contribution is 0.0526. The number of nitrogens with two attached hydrogens (primary N) is 1. The molecule has 2 N–H and O–H groups in total. The molecule has 0 atom stereocenters. The molecule has 1 fully saturated rings. The number of hydrogen-bond acceptors (Lipinski definition) is 5. The summed E-state index contributed by atoms with van der Waals surface area (Å²) in [6.45, 7) is 5.04. The molecule has 0 amide bonds. The van der Waals surface area contributed by atoms with Gasteiger partial charge in [0.2, 0.25) is 0 Å². The van der Waals surface area contributed by atoms with Gasteiger partial charge in [-0.05, 0) is 25.1 Å². The number of carbonyl (C=O) groups excluding carboxylic acids is 1. The molecule has 5 nitrogen and oxygen atoms in total. The fourth-order valence-corrected chi connectivity index (χ4v) is 2.01. The van der Waals surface area contributed by atoms with Crippen LogP contribution in [0.5, 0.6) is 0 Å². The number of morpholine rings is 1. The summed E-state index contributed by atoms with van der Waals surface area (Å²) >= 11 is 0. The molecule has 1 aromatic carbocycles. The number of anilines is 2. The summed E-state index contributed by atoms with van der Waals surface area (Å²) in [6.07, 6.45) is 0. The summed E-state index contributed by atoms with van der Waals surface area (Å²) < 4.78 is 10.4. The summed E-state index contributed by atoms with van der Waals surface area (Å²) in [5.74, 6) is -0.328. The van der Waals surface area contributed by atoms with Gasteiger partial charge in [-0.2, -0.15) is 0 Å². The van der Waals surface area contributed by atoms with Gasteiger partial charge < -0.3 is 20.1 Å². The van der Waals surface area contributed by atoms with Gasteiger partial charge in [0.25, 0.3) is 0 Å². The molecule has 98 valence electrons. The van der Waals surface area contributed by atoms with Gasteiger partial charge in [-0.25, -0.2) is 4.79 Å². The van der Waals surface area contributed by atoms with Gasteiger partial charge in [0, 0.05) is 18.8 Å². The monoisotopic (exact) mass is 250 g/mol. The molecule has 0 spiro atoms. The summed E-state index contributed by atoms with van der Waals surface area (Å²) in [4.78, 5) is 14.0. The molecule has 0 saturated carbocycles. The normalized spacial score (nSPS) is 15.5. The minimum absolute atomic E-state index is 0.328. The summed E-state index contributed by atoms with van der Waals surface area (Å²) in [5.41, 5.74) is 7.70. The number of nitrogens with zero attached hydrogens (tertiary/aromatic N) is 1. The van der Waals surface area contributed by atoms with Crippen molar-refractivity contribution in [2.24, 2.45) is 0 Å². The largest absolute Gasteiger partial charge is 0.462 e. The molecule has 2 rings (SSSR count). The second kappa shape index (κ2) is 5.73.